The maximum Gasteiger partial charge on any atom is 0.202 e. The zero-order valence-electron chi connectivity index (χ0n) is 10.1. The first-order valence-corrected chi connectivity index (χ1v) is 5.27. The molecule has 0 aliphatic rings. The van der Waals surface area contributed by atoms with Crippen LogP contribution < -0.4 is 9.47 Å². The van der Waals surface area contributed by atoms with Crippen molar-refractivity contribution in [1.82, 2.24) is 0 Å². The van der Waals surface area contributed by atoms with Gasteiger partial charge in [0.05, 0.1) is 13.5 Å². The monoisotopic (exact) mass is 249 g/mol. The smallest absolute Gasteiger partial charge is 0.202 e. The van der Waals surface area contributed by atoms with Crippen LogP contribution in [0.1, 0.15) is 23.7 Å². The van der Waals surface area contributed by atoms with Crippen LogP contribution in [0.2, 0.25) is 0 Å². The Morgan fingerprint density at radius 1 is 1.44 bits per heavy atom. The van der Waals surface area contributed by atoms with Crippen LogP contribution in [-0.2, 0) is 9.59 Å². The summed E-state index contributed by atoms with van der Waals surface area (Å²) >= 11 is 0. The lowest BCUT2D eigenvalue weighted by Crippen LogP contribution is -2.25. The van der Waals surface area contributed by atoms with Crippen molar-refractivity contribution in [2.75, 3.05) is 7.11 Å². The minimum absolute atomic E-state index is 0.145. The highest BCUT2D eigenvalue weighted by Gasteiger charge is 2.18. The van der Waals surface area contributed by atoms with Gasteiger partial charge in [-0.05, 0) is 25.1 Å². The average molecular weight is 249 g/mol. The second kappa shape index (κ2) is 6.54. The number of hydrogen-bond donors (Lipinski definition) is 0. The Morgan fingerprint density at radius 2 is 2.17 bits per heavy atom. The highest BCUT2D eigenvalue weighted by atomic mass is 16.5. The lowest BCUT2D eigenvalue weighted by Gasteiger charge is -2.16. The molecule has 0 aliphatic carbocycles. The summed E-state index contributed by atoms with van der Waals surface area (Å²) in [7, 11) is 1.42. The van der Waals surface area contributed by atoms with E-state index in [1.807, 2.05) is 0 Å². The average Bonchev–Trinajstić information content (AvgIpc) is 2.38. The number of ketones is 1. The summed E-state index contributed by atoms with van der Waals surface area (Å²) in [6, 6.07) is 4.54. The fourth-order valence-electron chi connectivity index (χ4n) is 1.35. The molecule has 0 fully saturated rings. The standard InChI is InChI=1S/C13H13O5/c1-9(16)11(5-6-14)18-12-4-3-10(8-15)7-13(12)17-2/h3-4,7-8,11H,5H2,1-2H3. The Morgan fingerprint density at radius 3 is 2.67 bits per heavy atom. The van der Waals surface area contributed by atoms with E-state index in [2.05, 4.69) is 0 Å². The highest BCUT2D eigenvalue weighted by Crippen LogP contribution is 2.28. The molecule has 0 heterocycles. The molecule has 18 heavy (non-hydrogen) atoms. The maximum absolute atomic E-state index is 11.3. The third-order valence-electron chi connectivity index (χ3n) is 2.32. The molecule has 0 aliphatic heterocycles. The Kier molecular flexibility index (Phi) is 5.05. The third kappa shape index (κ3) is 3.41. The molecule has 0 saturated carbocycles. The van der Waals surface area contributed by atoms with Gasteiger partial charge in [-0.1, -0.05) is 0 Å². The van der Waals surface area contributed by atoms with Gasteiger partial charge in [0.15, 0.2) is 23.4 Å². The molecule has 1 aromatic carbocycles. The number of hydrogen-bond acceptors (Lipinski definition) is 5. The van der Waals surface area contributed by atoms with Crippen LogP contribution in [0, 0.1) is 0 Å². The van der Waals surface area contributed by atoms with Crippen molar-refractivity contribution in [1.29, 1.82) is 0 Å². The van der Waals surface area contributed by atoms with Crippen LogP contribution in [0.4, 0.5) is 0 Å². The number of rotatable bonds is 7. The van der Waals surface area contributed by atoms with Gasteiger partial charge in [-0.25, -0.2) is 0 Å². The van der Waals surface area contributed by atoms with E-state index in [1.165, 1.54) is 32.2 Å². The van der Waals surface area contributed by atoms with E-state index in [9.17, 15) is 14.4 Å². The summed E-state index contributed by atoms with van der Waals surface area (Å²) in [6.45, 7) is 1.33. The van der Waals surface area contributed by atoms with Gasteiger partial charge in [0.25, 0.3) is 0 Å². The number of aldehydes is 1. The molecular weight excluding hydrogens is 236 g/mol. The highest BCUT2D eigenvalue weighted by molar-refractivity contribution is 5.83. The van der Waals surface area contributed by atoms with Crippen molar-refractivity contribution in [3.63, 3.8) is 0 Å². The molecule has 1 unspecified atom stereocenters. The van der Waals surface area contributed by atoms with E-state index in [4.69, 9.17) is 9.47 Å². The summed E-state index contributed by atoms with van der Waals surface area (Å²) in [5.41, 5.74) is 0.431. The van der Waals surface area contributed by atoms with E-state index in [0.717, 1.165) is 0 Å². The summed E-state index contributed by atoms with van der Waals surface area (Å²) in [4.78, 5) is 32.2. The molecule has 0 aromatic heterocycles. The summed E-state index contributed by atoms with van der Waals surface area (Å²) in [5.74, 6) is 0.357. The predicted molar refractivity (Wildman–Crippen MR) is 63.8 cm³/mol. The van der Waals surface area contributed by atoms with E-state index in [1.54, 1.807) is 6.29 Å². The normalized spacial score (nSPS) is 11.4. The molecular formula is C13H13O5. The van der Waals surface area contributed by atoms with Crippen LogP contribution in [0.25, 0.3) is 0 Å². The van der Waals surface area contributed by atoms with Gasteiger partial charge in [0.2, 0.25) is 6.29 Å². The zero-order valence-corrected chi connectivity index (χ0v) is 10.1. The Balaban J connectivity index is 2.97. The second-order valence-corrected chi connectivity index (χ2v) is 3.59. The molecule has 1 atom stereocenters. The number of carbonyl (C=O) groups is 2. The van der Waals surface area contributed by atoms with E-state index < -0.39 is 6.10 Å². The largest absolute Gasteiger partial charge is 0.493 e. The molecule has 0 saturated heterocycles. The maximum atomic E-state index is 11.3. The molecule has 1 aromatic rings. The van der Waals surface area contributed by atoms with Gasteiger partial charge < -0.3 is 9.47 Å². The van der Waals surface area contributed by atoms with Crippen LogP contribution in [0.3, 0.4) is 0 Å². The minimum atomic E-state index is -0.890. The van der Waals surface area contributed by atoms with Crippen molar-refractivity contribution in [3.05, 3.63) is 23.8 Å². The van der Waals surface area contributed by atoms with Crippen LogP contribution in [0.5, 0.6) is 11.5 Å². The molecule has 5 nitrogen and oxygen atoms in total. The molecule has 0 bridgehead atoms. The first kappa shape index (κ1) is 13.9. The second-order valence-electron chi connectivity index (χ2n) is 3.59. The molecule has 0 N–H and O–H groups in total. The fraction of sp³-hybridized carbons (Fsp3) is 0.308. The van der Waals surface area contributed by atoms with Gasteiger partial charge in [0, 0.05) is 5.56 Å². The molecule has 0 spiro atoms. The van der Waals surface area contributed by atoms with Crippen molar-refractivity contribution in [2.45, 2.75) is 19.4 Å². The molecule has 0 amide bonds. The lowest BCUT2D eigenvalue weighted by atomic mass is 10.2. The van der Waals surface area contributed by atoms with E-state index in [-0.39, 0.29) is 12.2 Å². The zero-order chi connectivity index (χ0) is 13.5. The SMILES string of the molecule is COc1cc(C=O)ccc1OC(C[C]=O)C(C)=O. The van der Waals surface area contributed by atoms with Crippen LogP contribution in [-0.4, -0.2) is 31.6 Å². The van der Waals surface area contributed by atoms with E-state index >= 15 is 0 Å². The van der Waals surface area contributed by atoms with Gasteiger partial charge in [-0.15, -0.1) is 0 Å². The van der Waals surface area contributed by atoms with Gasteiger partial charge in [-0.2, -0.15) is 0 Å². The topological polar surface area (TPSA) is 69.7 Å². The van der Waals surface area contributed by atoms with Gasteiger partial charge in [0.1, 0.15) is 6.29 Å². The first-order chi connectivity index (χ1) is 8.62. The first-order valence-electron chi connectivity index (χ1n) is 5.27. The Bertz CT molecular complexity index is 453. The van der Waals surface area contributed by atoms with Gasteiger partial charge in [-0.3, -0.25) is 14.4 Å². The number of methoxy groups -OCH3 is 1. The van der Waals surface area contributed by atoms with E-state index in [0.29, 0.717) is 23.3 Å². The number of benzene rings is 1. The van der Waals surface area contributed by atoms with Crippen LogP contribution in [0.15, 0.2) is 18.2 Å². The number of carbonyl (C=O) groups excluding carboxylic acids is 3. The minimum Gasteiger partial charge on any atom is -0.493 e. The molecule has 5 heteroatoms. The van der Waals surface area contributed by atoms with Crippen molar-refractivity contribution < 1.29 is 23.9 Å². The number of ether oxygens (including phenoxy) is 2. The summed E-state index contributed by atoms with van der Waals surface area (Å²) in [6.07, 6.45) is 1.28. The quantitative estimate of drug-likeness (QED) is 0.682. The van der Waals surface area contributed by atoms with Crippen molar-refractivity contribution in [2.24, 2.45) is 0 Å². The molecule has 1 radical (unpaired) electrons. The lowest BCUT2D eigenvalue weighted by molar-refractivity contribution is -0.123. The fourth-order valence-corrected chi connectivity index (χ4v) is 1.35. The molecule has 95 valence electrons. The van der Waals surface area contributed by atoms with Crippen molar-refractivity contribution >= 4 is 18.4 Å². The van der Waals surface area contributed by atoms with Gasteiger partial charge >= 0.3 is 0 Å². The Hall–Kier alpha value is -2.17. The summed E-state index contributed by atoms with van der Waals surface area (Å²) < 4.78 is 10.4. The predicted octanol–water partition coefficient (Wildman–Crippen LogP) is 1.34. The number of Topliss-reactive ketones (excluding diaryl/α,β-unsaturated/α-hetero) is 1. The summed E-state index contributed by atoms with van der Waals surface area (Å²) in [5, 5.41) is 0. The van der Waals surface area contributed by atoms with Crippen LogP contribution >= 0.6 is 0 Å². The van der Waals surface area contributed by atoms with Crippen molar-refractivity contribution in [3.8, 4) is 11.5 Å². The molecule has 1 rings (SSSR count). The Labute approximate surface area is 105 Å². The third-order valence-corrected chi connectivity index (χ3v) is 2.32.